The van der Waals surface area contributed by atoms with Crippen molar-refractivity contribution in [2.45, 2.75) is 32.1 Å². The molecule has 0 amide bonds. The molecule has 1 heterocycles. The minimum Gasteiger partial charge on any atom is -0.373 e. The smallest absolute Gasteiger partial charge is 0.0678 e. The quantitative estimate of drug-likeness (QED) is 0.932. The number of hydrogen-bond acceptors (Lipinski definition) is 3. The number of morpholine rings is 1. The van der Waals surface area contributed by atoms with Crippen LogP contribution in [0.25, 0.3) is 0 Å². The Labute approximate surface area is 117 Å². The molecular formula is C14H21BrN2O. The molecule has 1 aromatic rings. The average molecular weight is 313 g/mol. The maximum atomic E-state index is 5.97. The van der Waals surface area contributed by atoms with Gasteiger partial charge in [-0.3, -0.25) is 4.90 Å². The Balaban J connectivity index is 2.14. The van der Waals surface area contributed by atoms with Gasteiger partial charge in [0.15, 0.2) is 0 Å². The molecule has 1 aromatic carbocycles. The molecule has 0 bridgehead atoms. The topological polar surface area (TPSA) is 38.5 Å². The molecule has 0 aromatic heterocycles. The number of benzene rings is 1. The van der Waals surface area contributed by atoms with Crippen LogP contribution >= 0.6 is 15.9 Å². The van der Waals surface area contributed by atoms with Gasteiger partial charge in [0.2, 0.25) is 0 Å². The van der Waals surface area contributed by atoms with Crippen LogP contribution in [0.2, 0.25) is 0 Å². The fraction of sp³-hybridized carbons (Fsp3) is 0.571. The van der Waals surface area contributed by atoms with Gasteiger partial charge in [0.25, 0.3) is 0 Å². The molecular weight excluding hydrogens is 292 g/mol. The Bertz CT molecular complexity index is 372. The van der Waals surface area contributed by atoms with Crippen LogP contribution in [0.1, 0.15) is 25.5 Å². The second kappa shape index (κ2) is 6.15. The van der Waals surface area contributed by atoms with E-state index in [1.165, 1.54) is 5.56 Å². The standard InChI is InChI=1S/C14H21BrN2O/c1-10-8-17(9-11(2)18-10)14(7-16)12-3-5-13(15)6-4-12/h3-6,10-11,14H,7-9,16H2,1-2H3. The number of halogens is 1. The van der Waals surface area contributed by atoms with E-state index in [2.05, 4.69) is 58.9 Å². The zero-order chi connectivity index (χ0) is 13.1. The lowest BCUT2D eigenvalue weighted by molar-refractivity contribution is -0.0799. The molecule has 3 nitrogen and oxygen atoms in total. The number of ether oxygens (including phenoxy) is 1. The highest BCUT2D eigenvalue weighted by molar-refractivity contribution is 9.10. The molecule has 1 aliphatic heterocycles. The van der Waals surface area contributed by atoms with E-state index in [0.717, 1.165) is 17.6 Å². The van der Waals surface area contributed by atoms with Crippen LogP contribution in [0.4, 0.5) is 0 Å². The third-order valence-electron chi connectivity index (χ3n) is 3.37. The van der Waals surface area contributed by atoms with Crippen molar-refractivity contribution in [3.8, 4) is 0 Å². The van der Waals surface area contributed by atoms with E-state index in [-0.39, 0.29) is 18.2 Å². The van der Waals surface area contributed by atoms with Gasteiger partial charge in [-0.05, 0) is 31.5 Å². The van der Waals surface area contributed by atoms with Crippen LogP contribution in [0.3, 0.4) is 0 Å². The molecule has 100 valence electrons. The van der Waals surface area contributed by atoms with E-state index in [1.807, 2.05) is 0 Å². The molecule has 4 heteroatoms. The van der Waals surface area contributed by atoms with Gasteiger partial charge < -0.3 is 10.5 Å². The first-order chi connectivity index (χ1) is 8.60. The van der Waals surface area contributed by atoms with E-state index < -0.39 is 0 Å². The number of hydrogen-bond donors (Lipinski definition) is 1. The third-order valence-corrected chi connectivity index (χ3v) is 3.90. The predicted octanol–water partition coefficient (Wildman–Crippen LogP) is 2.56. The average Bonchev–Trinajstić information content (AvgIpc) is 2.31. The highest BCUT2D eigenvalue weighted by Crippen LogP contribution is 2.25. The summed E-state index contributed by atoms with van der Waals surface area (Å²) in [5.41, 5.74) is 7.25. The van der Waals surface area contributed by atoms with Crippen molar-refractivity contribution in [1.29, 1.82) is 0 Å². The molecule has 1 saturated heterocycles. The van der Waals surface area contributed by atoms with E-state index in [4.69, 9.17) is 10.5 Å². The summed E-state index contributed by atoms with van der Waals surface area (Å²) < 4.78 is 6.88. The molecule has 3 unspecified atom stereocenters. The Morgan fingerprint density at radius 3 is 2.33 bits per heavy atom. The lowest BCUT2D eigenvalue weighted by Gasteiger charge is -2.40. The van der Waals surface area contributed by atoms with Gasteiger partial charge in [-0.25, -0.2) is 0 Å². The third kappa shape index (κ3) is 3.32. The summed E-state index contributed by atoms with van der Waals surface area (Å²) in [4.78, 5) is 2.43. The summed E-state index contributed by atoms with van der Waals surface area (Å²) in [5, 5.41) is 0. The molecule has 0 aliphatic carbocycles. The van der Waals surface area contributed by atoms with Crippen LogP contribution in [0.15, 0.2) is 28.7 Å². The molecule has 3 atom stereocenters. The second-order valence-electron chi connectivity index (χ2n) is 5.01. The van der Waals surface area contributed by atoms with Crippen LogP contribution < -0.4 is 5.73 Å². The van der Waals surface area contributed by atoms with Crippen molar-refractivity contribution < 1.29 is 4.74 Å². The summed E-state index contributed by atoms with van der Waals surface area (Å²) in [6, 6.07) is 8.72. The fourth-order valence-electron chi connectivity index (χ4n) is 2.65. The highest BCUT2D eigenvalue weighted by Gasteiger charge is 2.27. The van der Waals surface area contributed by atoms with Crippen molar-refractivity contribution in [2.75, 3.05) is 19.6 Å². The maximum absolute atomic E-state index is 5.97. The molecule has 0 saturated carbocycles. The Hall–Kier alpha value is -0.420. The predicted molar refractivity (Wildman–Crippen MR) is 77.5 cm³/mol. The lowest BCUT2D eigenvalue weighted by atomic mass is 10.0. The summed E-state index contributed by atoms with van der Waals surface area (Å²) in [7, 11) is 0. The largest absolute Gasteiger partial charge is 0.373 e. The Morgan fingerprint density at radius 1 is 1.28 bits per heavy atom. The van der Waals surface area contributed by atoms with Crippen LogP contribution in [0, 0.1) is 0 Å². The van der Waals surface area contributed by atoms with Crippen molar-refractivity contribution in [3.05, 3.63) is 34.3 Å². The number of nitrogens with zero attached hydrogens (tertiary/aromatic N) is 1. The minimum absolute atomic E-state index is 0.276. The zero-order valence-electron chi connectivity index (χ0n) is 11.0. The Morgan fingerprint density at radius 2 is 1.83 bits per heavy atom. The number of rotatable bonds is 3. The SMILES string of the molecule is CC1CN(C(CN)c2ccc(Br)cc2)CC(C)O1. The molecule has 1 fully saturated rings. The first-order valence-electron chi connectivity index (χ1n) is 6.45. The van der Waals surface area contributed by atoms with E-state index >= 15 is 0 Å². The zero-order valence-corrected chi connectivity index (χ0v) is 12.6. The van der Waals surface area contributed by atoms with Gasteiger partial charge in [0, 0.05) is 30.1 Å². The van der Waals surface area contributed by atoms with Gasteiger partial charge in [-0.1, -0.05) is 28.1 Å². The monoisotopic (exact) mass is 312 g/mol. The van der Waals surface area contributed by atoms with E-state index in [0.29, 0.717) is 6.54 Å². The fourth-order valence-corrected chi connectivity index (χ4v) is 2.92. The first kappa shape index (κ1) is 14.0. The summed E-state index contributed by atoms with van der Waals surface area (Å²) in [6.45, 7) is 6.78. The molecule has 2 N–H and O–H groups in total. The van der Waals surface area contributed by atoms with Crippen molar-refractivity contribution >= 4 is 15.9 Å². The molecule has 0 spiro atoms. The van der Waals surface area contributed by atoms with Gasteiger partial charge in [-0.15, -0.1) is 0 Å². The Kier molecular flexibility index (Phi) is 4.78. The number of nitrogens with two attached hydrogens (primary N) is 1. The summed E-state index contributed by atoms with van der Waals surface area (Å²) in [5.74, 6) is 0. The molecule has 0 radical (unpaired) electrons. The van der Waals surface area contributed by atoms with Crippen molar-refractivity contribution in [2.24, 2.45) is 5.73 Å². The second-order valence-corrected chi connectivity index (χ2v) is 5.93. The van der Waals surface area contributed by atoms with Crippen LogP contribution in [-0.2, 0) is 4.74 Å². The molecule has 2 rings (SSSR count). The summed E-state index contributed by atoms with van der Waals surface area (Å²) in [6.07, 6.45) is 0.552. The van der Waals surface area contributed by atoms with E-state index in [1.54, 1.807) is 0 Å². The first-order valence-corrected chi connectivity index (χ1v) is 7.24. The van der Waals surface area contributed by atoms with Gasteiger partial charge in [-0.2, -0.15) is 0 Å². The normalized spacial score (nSPS) is 27.1. The van der Waals surface area contributed by atoms with Gasteiger partial charge in [0.1, 0.15) is 0 Å². The van der Waals surface area contributed by atoms with Crippen LogP contribution in [-0.4, -0.2) is 36.7 Å². The van der Waals surface area contributed by atoms with Crippen molar-refractivity contribution in [1.82, 2.24) is 4.90 Å². The highest BCUT2D eigenvalue weighted by atomic mass is 79.9. The molecule has 1 aliphatic rings. The van der Waals surface area contributed by atoms with Crippen LogP contribution in [0.5, 0.6) is 0 Å². The van der Waals surface area contributed by atoms with E-state index in [9.17, 15) is 0 Å². The lowest BCUT2D eigenvalue weighted by Crippen LogP contribution is -2.48. The van der Waals surface area contributed by atoms with Gasteiger partial charge in [0.05, 0.1) is 12.2 Å². The summed E-state index contributed by atoms with van der Waals surface area (Å²) >= 11 is 3.47. The molecule has 18 heavy (non-hydrogen) atoms. The van der Waals surface area contributed by atoms with Gasteiger partial charge >= 0.3 is 0 Å². The van der Waals surface area contributed by atoms with Crippen molar-refractivity contribution in [3.63, 3.8) is 0 Å². The minimum atomic E-state index is 0.276. The maximum Gasteiger partial charge on any atom is 0.0678 e.